The molecule has 0 aliphatic carbocycles. The molecule has 3 N–H and O–H groups in total. The van der Waals surface area contributed by atoms with Gasteiger partial charge in [0.25, 0.3) is 0 Å². The standard InChI is InChI=1S/C13H18N2O2/c1-2-13(15-5-3-14-4-6-15)10-7-11(16)9-12(17)8-10/h2,7-9,13-14,16-17H,1,3-6H2/t13-/m0/s1. The molecule has 1 aromatic rings. The first kappa shape index (κ1) is 12.0. The lowest BCUT2D eigenvalue weighted by Crippen LogP contribution is -2.44. The SMILES string of the molecule is C=C[C@@H](c1cc(O)cc(O)c1)N1CCNCC1. The predicted octanol–water partition coefficient (Wildman–Crippen LogP) is 1.23. The molecule has 1 heterocycles. The number of hydrogen-bond acceptors (Lipinski definition) is 4. The number of piperazine rings is 1. The van der Waals surface area contributed by atoms with Crippen molar-refractivity contribution in [2.45, 2.75) is 6.04 Å². The summed E-state index contributed by atoms with van der Waals surface area (Å²) in [4.78, 5) is 2.28. The zero-order chi connectivity index (χ0) is 12.3. The van der Waals surface area contributed by atoms with Crippen LogP contribution in [0.1, 0.15) is 11.6 Å². The summed E-state index contributed by atoms with van der Waals surface area (Å²) < 4.78 is 0. The molecule has 92 valence electrons. The van der Waals surface area contributed by atoms with Gasteiger partial charge in [-0.2, -0.15) is 0 Å². The van der Waals surface area contributed by atoms with Crippen LogP contribution in [-0.2, 0) is 0 Å². The summed E-state index contributed by atoms with van der Waals surface area (Å²) in [6.45, 7) is 7.63. The Hall–Kier alpha value is -1.52. The molecule has 4 heteroatoms. The van der Waals surface area contributed by atoms with Crippen LogP contribution in [0.25, 0.3) is 0 Å². The number of hydrogen-bond donors (Lipinski definition) is 3. The van der Waals surface area contributed by atoms with Crippen LogP contribution >= 0.6 is 0 Å². The van der Waals surface area contributed by atoms with Gasteiger partial charge >= 0.3 is 0 Å². The van der Waals surface area contributed by atoms with Gasteiger partial charge in [-0.25, -0.2) is 0 Å². The molecule has 0 unspecified atom stereocenters. The minimum absolute atomic E-state index is 0.0371. The van der Waals surface area contributed by atoms with Crippen molar-refractivity contribution < 1.29 is 10.2 Å². The van der Waals surface area contributed by atoms with E-state index in [1.807, 2.05) is 6.08 Å². The van der Waals surface area contributed by atoms with Gasteiger partial charge in [-0.05, 0) is 17.7 Å². The van der Waals surface area contributed by atoms with Crippen LogP contribution in [-0.4, -0.2) is 41.3 Å². The molecular weight excluding hydrogens is 216 g/mol. The fourth-order valence-corrected chi connectivity index (χ4v) is 2.25. The van der Waals surface area contributed by atoms with E-state index >= 15 is 0 Å². The molecule has 0 spiro atoms. The van der Waals surface area contributed by atoms with Crippen molar-refractivity contribution >= 4 is 0 Å². The zero-order valence-electron chi connectivity index (χ0n) is 9.76. The van der Waals surface area contributed by atoms with Crippen LogP contribution in [0.3, 0.4) is 0 Å². The van der Waals surface area contributed by atoms with Gasteiger partial charge in [0.1, 0.15) is 11.5 Å². The minimum Gasteiger partial charge on any atom is -0.508 e. The normalized spacial score (nSPS) is 18.8. The van der Waals surface area contributed by atoms with Crippen molar-refractivity contribution in [1.29, 1.82) is 0 Å². The second-order valence-electron chi connectivity index (χ2n) is 4.25. The highest BCUT2D eigenvalue weighted by Crippen LogP contribution is 2.29. The molecule has 17 heavy (non-hydrogen) atoms. The molecule has 0 aromatic heterocycles. The molecule has 1 aliphatic rings. The third kappa shape index (κ3) is 2.78. The molecule has 1 aliphatic heterocycles. The smallest absolute Gasteiger partial charge is 0.119 e. The van der Waals surface area contributed by atoms with Crippen LogP contribution in [0.2, 0.25) is 0 Å². The number of benzene rings is 1. The van der Waals surface area contributed by atoms with Crippen LogP contribution in [0.4, 0.5) is 0 Å². The number of rotatable bonds is 3. The summed E-state index contributed by atoms with van der Waals surface area (Å²) in [5.74, 6) is 0.170. The maximum Gasteiger partial charge on any atom is 0.119 e. The van der Waals surface area contributed by atoms with Crippen LogP contribution in [0.5, 0.6) is 11.5 Å². The molecule has 0 saturated carbocycles. The Balaban J connectivity index is 2.24. The Labute approximate surface area is 101 Å². The van der Waals surface area contributed by atoms with Crippen molar-refractivity contribution in [2.75, 3.05) is 26.2 Å². The summed E-state index contributed by atoms with van der Waals surface area (Å²) in [6.07, 6.45) is 1.85. The highest BCUT2D eigenvalue weighted by Gasteiger charge is 2.20. The highest BCUT2D eigenvalue weighted by atomic mass is 16.3. The van der Waals surface area contributed by atoms with E-state index in [1.54, 1.807) is 12.1 Å². The van der Waals surface area contributed by atoms with Gasteiger partial charge in [0.15, 0.2) is 0 Å². The number of phenols is 2. The van der Waals surface area contributed by atoms with Gasteiger partial charge < -0.3 is 15.5 Å². The first-order chi connectivity index (χ1) is 8.20. The molecule has 1 atom stereocenters. The Kier molecular flexibility index (Phi) is 3.66. The van der Waals surface area contributed by atoms with Crippen molar-refractivity contribution in [3.05, 3.63) is 36.4 Å². The van der Waals surface area contributed by atoms with Gasteiger partial charge in [0.05, 0.1) is 6.04 Å². The molecule has 0 amide bonds. The van der Waals surface area contributed by atoms with Crippen molar-refractivity contribution in [1.82, 2.24) is 10.2 Å². The lowest BCUT2D eigenvalue weighted by Gasteiger charge is -2.33. The summed E-state index contributed by atoms with van der Waals surface area (Å²) >= 11 is 0. The molecule has 2 rings (SSSR count). The van der Waals surface area contributed by atoms with E-state index in [-0.39, 0.29) is 17.5 Å². The fraction of sp³-hybridized carbons (Fsp3) is 0.385. The molecule has 1 saturated heterocycles. The maximum absolute atomic E-state index is 9.51. The van der Waals surface area contributed by atoms with Gasteiger partial charge in [-0.3, -0.25) is 4.90 Å². The Morgan fingerprint density at radius 2 is 1.76 bits per heavy atom. The van der Waals surface area contributed by atoms with Crippen molar-refractivity contribution in [3.63, 3.8) is 0 Å². The van der Waals surface area contributed by atoms with Crippen LogP contribution in [0, 0.1) is 0 Å². The second-order valence-corrected chi connectivity index (χ2v) is 4.25. The average molecular weight is 234 g/mol. The third-order valence-corrected chi connectivity index (χ3v) is 3.03. The maximum atomic E-state index is 9.51. The van der Waals surface area contributed by atoms with Gasteiger partial charge in [0, 0.05) is 32.2 Å². The van der Waals surface area contributed by atoms with Crippen LogP contribution in [0.15, 0.2) is 30.9 Å². The quantitative estimate of drug-likeness (QED) is 0.689. The first-order valence-electron chi connectivity index (χ1n) is 5.81. The zero-order valence-corrected chi connectivity index (χ0v) is 9.76. The van der Waals surface area contributed by atoms with E-state index in [0.717, 1.165) is 31.7 Å². The van der Waals surface area contributed by atoms with E-state index in [4.69, 9.17) is 0 Å². The monoisotopic (exact) mass is 234 g/mol. The van der Waals surface area contributed by atoms with E-state index in [0.29, 0.717) is 0 Å². The average Bonchev–Trinajstić information content (AvgIpc) is 2.30. The van der Waals surface area contributed by atoms with E-state index in [1.165, 1.54) is 6.07 Å². The Morgan fingerprint density at radius 3 is 2.29 bits per heavy atom. The van der Waals surface area contributed by atoms with Crippen molar-refractivity contribution in [2.24, 2.45) is 0 Å². The largest absolute Gasteiger partial charge is 0.508 e. The van der Waals surface area contributed by atoms with Gasteiger partial charge in [-0.1, -0.05) is 6.08 Å². The van der Waals surface area contributed by atoms with E-state index in [9.17, 15) is 10.2 Å². The van der Waals surface area contributed by atoms with E-state index < -0.39 is 0 Å². The second kappa shape index (κ2) is 5.21. The summed E-state index contributed by atoms with van der Waals surface area (Å²) in [5.41, 5.74) is 0.874. The van der Waals surface area contributed by atoms with E-state index in [2.05, 4.69) is 16.8 Å². The molecule has 4 nitrogen and oxygen atoms in total. The number of aromatic hydroxyl groups is 2. The lowest BCUT2D eigenvalue weighted by atomic mass is 10.0. The minimum atomic E-state index is 0.0371. The molecule has 1 aromatic carbocycles. The predicted molar refractivity (Wildman–Crippen MR) is 67.2 cm³/mol. The Morgan fingerprint density at radius 1 is 1.18 bits per heavy atom. The van der Waals surface area contributed by atoms with Gasteiger partial charge in [-0.15, -0.1) is 6.58 Å². The molecule has 1 fully saturated rings. The molecule has 0 radical (unpaired) electrons. The van der Waals surface area contributed by atoms with Crippen molar-refractivity contribution in [3.8, 4) is 11.5 Å². The first-order valence-corrected chi connectivity index (χ1v) is 5.81. The topological polar surface area (TPSA) is 55.7 Å². The Bertz CT molecular complexity index is 380. The number of nitrogens with one attached hydrogen (secondary N) is 1. The third-order valence-electron chi connectivity index (χ3n) is 3.03. The van der Waals surface area contributed by atoms with Crippen LogP contribution < -0.4 is 5.32 Å². The fourth-order valence-electron chi connectivity index (χ4n) is 2.25. The summed E-state index contributed by atoms with van der Waals surface area (Å²) in [5, 5.41) is 22.3. The molecule has 0 bridgehead atoms. The summed E-state index contributed by atoms with van der Waals surface area (Å²) in [7, 11) is 0. The van der Waals surface area contributed by atoms with Gasteiger partial charge in [0.2, 0.25) is 0 Å². The lowest BCUT2D eigenvalue weighted by molar-refractivity contribution is 0.203. The number of phenolic OH excluding ortho intramolecular Hbond substituents is 2. The molecular formula is C13H18N2O2. The summed E-state index contributed by atoms with van der Waals surface area (Å²) in [6, 6.07) is 4.72. The number of nitrogens with zero attached hydrogens (tertiary/aromatic N) is 1. The highest BCUT2D eigenvalue weighted by molar-refractivity contribution is 5.39.